The van der Waals surface area contributed by atoms with Crippen molar-refractivity contribution in [2.75, 3.05) is 13.1 Å². The van der Waals surface area contributed by atoms with Crippen LogP contribution in [0.5, 0.6) is 0 Å². The minimum Gasteiger partial charge on any atom is -0.316 e. The van der Waals surface area contributed by atoms with E-state index in [1.54, 1.807) is 34.9 Å². The van der Waals surface area contributed by atoms with Crippen LogP contribution in [0.2, 0.25) is 0 Å². The van der Waals surface area contributed by atoms with Crippen molar-refractivity contribution in [1.82, 2.24) is 14.7 Å². The van der Waals surface area contributed by atoms with Gasteiger partial charge in [-0.3, -0.25) is 9.20 Å². The number of alkyl halides is 1. The quantitative estimate of drug-likeness (QED) is 0.269. The van der Waals surface area contributed by atoms with Gasteiger partial charge in [-0.05, 0) is 74.2 Å². The summed E-state index contributed by atoms with van der Waals surface area (Å²) in [6, 6.07) is 6.55. The minimum absolute atomic E-state index is 0.00379. The number of fused-ring (bicyclic) bond motifs is 1. The molecule has 0 fully saturated rings. The van der Waals surface area contributed by atoms with Crippen LogP contribution >= 0.6 is 11.3 Å². The molecule has 3 unspecified atom stereocenters. The van der Waals surface area contributed by atoms with Gasteiger partial charge in [-0.2, -0.15) is 0 Å². The monoisotopic (exact) mass is 497 g/mol. The first-order valence-corrected chi connectivity index (χ1v) is 12.8. The van der Waals surface area contributed by atoms with Crippen molar-refractivity contribution in [2.24, 2.45) is 5.92 Å². The predicted molar refractivity (Wildman–Crippen MR) is 142 cm³/mol. The zero-order valence-electron chi connectivity index (χ0n) is 20.3. The van der Waals surface area contributed by atoms with Crippen LogP contribution in [0.4, 0.5) is 8.78 Å². The molecule has 4 rings (SSSR count). The molecule has 0 spiro atoms. The SMILES string of the molecule is C=C.CCC(CCNCCc1c(C)nc2sccn2c1=O)C(C1=CC(F)C=C1)c1ccc(F)cc1. The topological polar surface area (TPSA) is 46.4 Å². The molecule has 0 bridgehead atoms. The molecule has 1 aromatic carbocycles. The Bertz CT molecular complexity index is 1230. The number of nitrogens with zero attached hydrogens (tertiary/aromatic N) is 2. The molecule has 0 aliphatic heterocycles. The molecule has 4 nitrogen and oxygen atoms in total. The summed E-state index contributed by atoms with van der Waals surface area (Å²) in [5.74, 6) is 0.0275. The van der Waals surface area contributed by atoms with Crippen molar-refractivity contribution in [3.05, 3.63) is 106 Å². The Hall–Kier alpha value is -2.90. The predicted octanol–water partition coefficient (Wildman–Crippen LogP) is 6.17. The number of allylic oxidation sites excluding steroid dienone is 4. The molecule has 1 aliphatic rings. The first kappa shape index (κ1) is 26.7. The molecule has 3 aromatic rings. The summed E-state index contributed by atoms with van der Waals surface area (Å²) >= 11 is 1.46. The second-order valence-corrected chi connectivity index (χ2v) is 9.37. The molecule has 7 heteroatoms. The molecule has 1 aliphatic carbocycles. The van der Waals surface area contributed by atoms with Crippen LogP contribution in [-0.2, 0) is 6.42 Å². The van der Waals surface area contributed by atoms with Crippen LogP contribution in [0, 0.1) is 18.7 Å². The van der Waals surface area contributed by atoms with Gasteiger partial charge in [-0.1, -0.05) is 31.6 Å². The number of halogens is 2. The van der Waals surface area contributed by atoms with Gasteiger partial charge in [0.25, 0.3) is 5.56 Å². The van der Waals surface area contributed by atoms with Crippen LogP contribution in [0.3, 0.4) is 0 Å². The van der Waals surface area contributed by atoms with Gasteiger partial charge >= 0.3 is 0 Å². The maximum absolute atomic E-state index is 13.9. The lowest BCUT2D eigenvalue weighted by molar-refractivity contribution is 0.406. The van der Waals surface area contributed by atoms with Crippen molar-refractivity contribution in [3.8, 4) is 0 Å². The summed E-state index contributed by atoms with van der Waals surface area (Å²) in [5.41, 5.74) is 3.49. The third-order valence-electron chi connectivity index (χ3n) is 6.42. The fourth-order valence-corrected chi connectivity index (χ4v) is 5.40. The second kappa shape index (κ2) is 12.7. The average molecular weight is 498 g/mol. The number of aryl methyl sites for hydroxylation is 1. The molecular formula is C28H33F2N3OS. The van der Waals surface area contributed by atoms with E-state index in [9.17, 15) is 13.6 Å². The molecule has 35 heavy (non-hydrogen) atoms. The summed E-state index contributed by atoms with van der Waals surface area (Å²) in [5, 5.41) is 5.33. The van der Waals surface area contributed by atoms with E-state index in [1.807, 2.05) is 18.4 Å². The van der Waals surface area contributed by atoms with Gasteiger partial charge in [0.2, 0.25) is 0 Å². The molecule has 0 radical (unpaired) electrons. The van der Waals surface area contributed by atoms with E-state index >= 15 is 0 Å². The maximum atomic E-state index is 13.9. The van der Waals surface area contributed by atoms with E-state index in [4.69, 9.17) is 0 Å². The highest BCUT2D eigenvalue weighted by Gasteiger charge is 2.27. The number of thiazole rings is 1. The summed E-state index contributed by atoms with van der Waals surface area (Å²) < 4.78 is 29.0. The molecule has 2 heterocycles. The minimum atomic E-state index is -1.06. The highest BCUT2D eigenvalue weighted by molar-refractivity contribution is 7.15. The van der Waals surface area contributed by atoms with E-state index in [0.29, 0.717) is 13.0 Å². The van der Waals surface area contributed by atoms with Gasteiger partial charge in [0.15, 0.2) is 4.96 Å². The molecule has 0 saturated heterocycles. The fourth-order valence-electron chi connectivity index (χ4n) is 4.65. The lowest BCUT2D eigenvalue weighted by atomic mass is 9.77. The number of hydrogen-bond donors (Lipinski definition) is 1. The van der Waals surface area contributed by atoms with Crippen molar-refractivity contribution in [2.45, 2.75) is 45.2 Å². The van der Waals surface area contributed by atoms with Gasteiger partial charge in [-0.25, -0.2) is 13.8 Å². The molecule has 0 saturated carbocycles. The van der Waals surface area contributed by atoms with E-state index in [2.05, 4.69) is 30.4 Å². The Morgan fingerprint density at radius 3 is 2.63 bits per heavy atom. The van der Waals surface area contributed by atoms with Gasteiger partial charge in [0.1, 0.15) is 12.0 Å². The van der Waals surface area contributed by atoms with Gasteiger partial charge in [0, 0.05) is 28.8 Å². The first-order chi connectivity index (χ1) is 17.0. The lowest BCUT2D eigenvalue weighted by Crippen LogP contribution is -2.27. The number of hydrogen-bond acceptors (Lipinski definition) is 4. The average Bonchev–Trinajstić information content (AvgIpc) is 3.51. The Morgan fingerprint density at radius 1 is 1.23 bits per heavy atom. The van der Waals surface area contributed by atoms with Crippen LogP contribution < -0.4 is 10.9 Å². The molecule has 186 valence electrons. The molecule has 3 atom stereocenters. The highest BCUT2D eigenvalue weighted by Crippen LogP contribution is 2.38. The maximum Gasteiger partial charge on any atom is 0.261 e. The smallest absolute Gasteiger partial charge is 0.261 e. The van der Waals surface area contributed by atoms with Gasteiger partial charge in [-0.15, -0.1) is 24.5 Å². The van der Waals surface area contributed by atoms with E-state index in [0.717, 1.165) is 46.7 Å². The third-order valence-corrected chi connectivity index (χ3v) is 7.18. The number of rotatable bonds is 10. The van der Waals surface area contributed by atoms with Crippen LogP contribution in [0.1, 0.15) is 42.5 Å². The van der Waals surface area contributed by atoms with Crippen molar-refractivity contribution in [1.29, 1.82) is 0 Å². The van der Waals surface area contributed by atoms with Crippen molar-refractivity contribution < 1.29 is 8.78 Å². The highest BCUT2D eigenvalue weighted by atomic mass is 32.1. The zero-order chi connectivity index (χ0) is 25.4. The summed E-state index contributed by atoms with van der Waals surface area (Å²) in [4.78, 5) is 18.0. The molecular weight excluding hydrogens is 464 g/mol. The normalized spacial score (nSPS) is 16.6. The number of aromatic nitrogens is 2. The van der Waals surface area contributed by atoms with Crippen LogP contribution in [0.15, 0.2) is 77.6 Å². The summed E-state index contributed by atoms with van der Waals surface area (Å²) in [6.45, 7) is 11.5. The van der Waals surface area contributed by atoms with E-state index < -0.39 is 6.17 Å². The Kier molecular flexibility index (Phi) is 9.69. The Labute approximate surface area is 209 Å². The van der Waals surface area contributed by atoms with Crippen molar-refractivity contribution >= 4 is 16.3 Å². The van der Waals surface area contributed by atoms with Crippen LogP contribution in [0.25, 0.3) is 4.96 Å². The summed E-state index contributed by atoms with van der Waals surface area (Å²) in [6.07, 6.45) is 8.22. The standard InChI is InChI=1S/C26H29F2N3OS.C2H4/c1-3-18(24(20-6-9-22(28)16-20)19-4-7-21(27)8-5-19)10-12-29-13-11-23-17(2)30-26-31(25(23)32)14-15-33-26;1-2/h4-9,14-16,18,22,24,29H,3,10-13H2,1-2H3;1-2H2. The van der Waals surface area contributed by atoms with E-state index in [-0.39, 0.29) is 23.2 Å². The van der Waals surface area contributed by atoms with Gasteiger partial charge < -0.3 is 5.32 Å². The first-order valence-electron chi connectivity index (χ1n) is 11.9. The molecule has 1 N–H and O–H groups in total. The van der Waals surface area contributed by atoms with Crippen LogP contribution in [-0.4, -0.2) is 28.6 Å². The Balaban J connectivity index is 0.00000167. The zero-order valence-corrected chi connectivity index (χ0v) is 21.2. The second-order valence-electron chi connectivity index (χ2n) is 8.49. The van der Waals surface area contributed by atoms with Crippen molar-refractivity contribution in [3.63, 3.8) is 0 Å². The van der Waals surface area contributed by atoms with E-state index in [1.165, 1.54) is 23.5 Å². The third kappa shape index (κ3) is 6.41. The summed E-state index contributed by atoms with van der Waals surface area (Å²) in [7, 11) is 0. The number of nitrogens with one attached hydrogen (secondary N) is 1. The lowest BCUT2D eigenvalue weighted by Gasteiger charge is -2.28. The largest absolute Gasteiger partial charge is 0.316 e. The fraction of sp³-hybridized carbons (Fsp3) is 0.357. The Morgan fingerprint density at radius 2 is 1.97 bits per heavy atom. The molecule has 0 amide bonds. The number of benzene rings is 1. The van der Waals surface area contributed by atoms with Gasteiger partial charge in [0.05, 0.1) is 0 Å². The molecule has 2 aromatic heterocycles.